The standard InChI is InChI=1S/C14H16N4O2/c1-8-11(6-7-12-16-14(15)17-18(8)12)9-2-4-10(5-3-9)13(19)20/h2-5,8,11H,6-7H2,1H3,(H2,15,17)(H,19,20). The van der Waals surface area contributed by atoms with Crippen LogP contribution in [0.1, 0.15) is 47.1 Å². The number of aromatic carboxylic acids is 1. The van der Waals surface area contributed by atoms with Gasteiger partial charge in [0, 0.05) is 12.3 Å². The normalized spacial score (nSPS) is 21.4. The SMILES string of the molecule is CC1C(c2ccc(C(=O)O)cc2)CCc2nc(N)nn21. The number of carboxylic acids is 1. The highest BCUT2D eigenvalue weighted by molar-refractivity contribution is 5.87. The van der Waals surface area contributed by atoms with E-state index in [4.69, 9.17) is 10.8 Å². The Morgan fingerprint density at radius 3 is 2.75 bits per heavy atom. The molecule has 0 saturated carbocycles. The van der Waals surface area contributed by atoms with E-state index in [1.54, 1.807) is 12.1 Å². The van der Waals surface area contributed by atoms with Gasteiger partial charge >= 0.3 is 5.97 Å². The van der Waals surface area contributed by atoms with Gasteiger partial charge in [-0.15, -0.1) is 5.10 Å². The van der Waals surface area contributed by atoms with Crippen molar-refractivity contribution >= 4 is 11.9 Å². The highest BCUT2D eigenvalue weighted by Crippen LogP contribution is 2.37. The predicted octanol–water partition coefficient (Wildman–Crippen LogP) is 1.85. The first kappa shape index (κ1) is 12.7. The molecular formula is C14H16N4O2. The molecule has 3 N–H and O–H groups in total. The molecule has 2 aromatic rings. The van der Waals surface area contributed by atoms with Crippen LogP contribution in [-0.4, -0.2) is 25.8 Å². The number of rotatable bonds is 2. The van der Waals surface area contributed by atoms with Crippen molar-refractivity contribution in [1.82, 2.24) is 14.8 Å². The lowest BCUT2D eigenvalue weighted by atomic mass is 9.85. The van der Waals surface area contributed by atoms with Crippen LogP contribution >= 0.6 is 0 Å². The van der Waals surface area contributed by atoms with E-state index in [1.807, 2.05) is 16.8 Å². The molecule has 0 aliphatic carbocycles. The van der Waals surface area contributed by atoms with Crippen molar-refractivity contribution in [2.45, 2.75) is 31.7 Å². The second-order valence-electron chi connectivity index (χ2n) is 5.14. The Morgan fingerprint density at radius 2 is 2.10 bits per heavy atom. The van der Waals surface area contributed by atoms with E-state index >= 15 is 0 Å². The molecule has 0 spiro atoms. The van der Waals surface area contributed by atoms with Crippen molar-refractivity contribution in [3.63, 3.8) is 0 Å². The largest absolute Gasteiger partial charge is 0.478 e. The third-order valence-electron chi connectivity index (χ3n) is 3.95. The fourth-order valence-electron chi connectivity index (χ4n) is 2.88. The number of nitrogens with zero attached hydrogens (tertiary/aromatic N) is 3. The zero-order valence-electron chi connectivity index (χ0n) is 11.2. The number of hydrogen-bond acceptors (Lipinski definition) is 4. The molecule has 0 bridgehead atoms. The quantitative estimate of drug-likeness (QED) is 0.870. The summed E-state index contributed by atoms with van der Waals surface area (Å²) in [5.41, 5.74) is 7.08. The molecule has 20 heavy (non-hydrogen) atoms. The average Bonchev–Trinajstić information content (AvgIpc) is 2.81. The van der Waals surface area contributed by atoms with Gasteiger partial charge in [-0.3, -0.25) is 0 Å². The summed E-state index contributed by atoms with van der Waals surface area (Å²) in [6.45, 7) is 2.09. The number of hydrogen-bond donors (Lipinski definition) is 2. The average molecular weight is 272 g/mol. The Kier molecular flexibility index (Phi) is 2.93. The Labute approximate surface area is 116 Å². The van der Waals surface area contributed by atoms with E-state index < -0.39 is 5.97 Å². The second-order valence-corrected chi connectivity index (χ2v) is 5.14. The van der Waals surface area contributed by atoms with Gasteiger partial charge in [0.05, 0.1) is 11.6 Å². The molecule has 2 atom stereocenters. The summed E-state index contributed by atoms with van der Waals surface area (Å²) >= 11 is 0. The van der Waals surface area contributed by atoms with Crippen LogP contribution in [0.5, 0.6) is 0 Å². The van der Waals surface area contributed by atoms with Crippen molar-refractivity contribution in [3.8, 4) is 0 Å². The minimum atomic E-state index is -0.903. The van der Waals surface area contributed by atoms with Gasteiger partial charge in [0.1, 0.15) is 5.82 Å². The Bertz CT molecular complexity index is 648. The Balaban J connectivity index is 1.90. The number of fused-ring (bicyclic) bond motifs is 1. The lowest BCUT2D eigenvalue weighted by Gasteiger charge is -2.29. The molecule has 1 aliphatic heterocycles. The van der Waals surface area contributed by atoms with Crippen molar-refractivity contribution in [3.05, 3.63) is 41.2 Å². The van der Waals surface area contributed by atoms with Gasteiger partial charge in [0.2, 0.25) is 5.95 Å². The van der Waals surface area contributed by atoms with E-state index in [0.717, 1.165) is 24.2 Å². The zero-order valence-corrected chi connectivity index (χ0v) is 11.2. The van der Waals surface area contributed by atoms with Crippen molar-refractivity contribution in [2.24, 2.45) is 0 Å². The molecule has 3 rings (SSSR count). The molecule has 104 valence electrons. The van der Waals surface area contributed by atoms with Crippen LogP contribution in [0.2, 0.25) is 0 Å². The summed E-state index contributed by atoms with van der Waals surface area (Å²) in [6, 6.07) is 7.23. The smallest absolute Gasteiger partial charge is 0.335 e. The fraction of sp³-hybridized carbons (Fsp3) is 0.357. The van der Waals surface area contributed by atoms with Crippen molar-refractivity contribution < 1.29 is 9.90 Å². The van der Waals surface area contributed by atoms with E-state index in [2.05, 4.69) is 17.0 Å². The third-order valence-corrected chi connectivity index (χ3v) is 3.95. The minimum absolute atomic E-state index is 0.166. The van der Waals surface area contributed by atoms with Gasteiger partial charge in [-0.1, -0.05) is 12.1 Å². The summed E-state index contributed by atoms with van der Waals surface area (Å²) in [5, 5.41) is 13.2. The second kappa shape index (κ2) is 4.63. The fourth-order valence-corrected chi connectivity index (χ4v) is 2.88. The van der Waals surface area contributed by atoms with Crippen LogP contribution in [0, 0.1) is 0 Å². The number of aryl methyl sites for hydroxylation is 1. The highest BCUT2D eigenvalue weighted by Gasteiger charge is 2.29. The van der Waals surface area contributed by atoms with Gasteiger partial charge in [-0.05, 0) is 31.0 Å². The predicted molar refractivity (Wildman–Crippen MR) is 73.6 cm³/mol. The highest BCUT2D eigenvalue weighted by atomic mass is 16.4. The van der Waals surface area contributed by atoms with Gasteiger partial charge < -0.3 is 10.8 Å². The number of nitrogens with two attached hydrogens (primary N) is 1. The van der Waals surface area contributed by atoms with Crippen LogP contribution < -0.4 is 5.73 Å². The number of anilines is 1. The summed E-state index contributed by atoms with van der Waals surface area (Å²) < 4.78 is 1.88. The molecule has 2 heterocycles. The Hall–Kier alpha value is -2.37. The number of carbonyl (C=O) groups is 1. The lowest BCUT2D eigenvalue weighted by molar-refractivity contribution is 0.0697. The lowest BCUT2D eigenvalue weighted by Crippen LogP contribution is -2.24. The van der Waals surface area contributed by atoms with Crippen LogP contribution in [0.25, 0.3) is 0 Å². The molecule has 0 fully saturated rings. The first-order chi connectivity index (χ1) is 9.56. The van der Waals surface area contributed by atoms with Gasteiger partial charge in [0.25, 0.3) is 0 Å². The number of aromatic nitrogens is 3. The monoisotopic (exact) mass is 272 g/mol. The molecule has 1 aliphatic rings. The van der Waals surface area contributed by atoms with Gasteiger partial charge in [-0.2, -0.15) is 4.98 Å². The maximum Gasteiger partial charge on any atom is 0.335 e. The summed E-state index contributed by atoms with van der Waals surface area (Å²) in [6.07, 6.45) is 1.80. The molecule has 0 amide bonds. The van der Waals surface area contributed by atoms with Gasteiger partial charge in [0.15, 0.2) is 0 Å². The van der Waals surface area contributed by atoms with Gasteiger partial charge in [-0.25, -0.2) is 9.48 Å². The first-order valence-electron chi connectivity index (χ1n) is 6.60. The number of carboxylic acid groups (broad SMARTS) is 1. The number of benzene rings is 1. The van der Waals surface area contributed by atoms with Crippen LogP contribution in [0.3, 0.4) is 0 Å². The molecule has 1 aromatic heterocycles. The maximum atomic E-state index is 10.9. The van der Waals surface area contributed by atoms with E-state index in [9.17, 15) is 4.79 Å². The van der Waals surface area contributed by atoms with Crippen LogP contribution in [0.15, 0.2) is 24.3 Å². The van der Waals surface area contributed by atoms with E-state index in [1.165, 1.54) is 0 Å². The van der Waals surface area contributed by atoms with Crippen molar-refractivity contribution in [2.75, 3.05) is 5.73 Å². The van der Waals surface area contributed by atoms with Crippen LogP contribution in [0.4, 0.5) is 5.95 Å². The molecular weight excluding hydrogens is 256 g/mol. The van der Waals surface area contributed by atoms with E-state index in [-0.39, 0.29) is 6.04 Å². The Morgan fingerprint density at radius 1 is 1.40 bits per heavy atom. The maximum absolute atomic E-state index is 10.9. The molecule has 0 radical (unpaired) electrons. The summed E-state index contributed by atoms with van der Waals surface area (Å²) in [5.74, 6) is 0.633. The third kappa shape index (κ3) is 2.03. The van der Waals surface area contributed by atoms with Crippen molar-refractivity contribution in [1.29, 1.82) is 0 Å². The topological polar surface area (TPSA) is 94.0 Å². The molecule has 1 aromatic carbocycles. The molecule has 2 unspecified atom stereocenters. The van der Waals surface area contributed by atoms with Crippen LogP contribution in [-0.2, 0) is 6.42 Å². The molecule has 6 nitrogen and oxygen atoms in total. The minimum Gasteiger partial charge on any atom is -0.478 e. The number of nitrogen functional groups attached to an aromatic ring is 1. The summed E-state index contributed by atoms with van der Waals surface area (Å²) in [4.78, 5) is 15.1. The zero-order chi connectivity index (χ0) is 14.3. The first-order valence-corrected chi connectivity index (χ1v) is 6.60. The van der Waals surface area contributed by atoms with E-state index in [0.29, 0.717) is 17.4 Å². The molecule has 0 saturated heterocycles. The molecule has 6 heteroatoms. The summed E-state index contributed by atoms with van der Waals surface area (Å²) in [7, 11) is 0.